The average Bonchev–Trinajstić information content (AvgIpc) is 2.82. The van der Waals surface area contributed by atoms with E-state index in [9.17, 15) is 4.79 Å². The number of piperidine rings is 1. The summed E-state index contributed by atoms with van der Waals surface area (Å²) < 4.78 is -1.72. The second kappa shape index (κ2) is 11.4. The van der Waals surface area contributed by atoms with Gasteiger partial charge in [0, 0.05) is 26.1 Å². The molecule has 1 aromatic carbocycles. The predicted molar refractivity (Wildman–Crippen MR) is 146 cm³/mol. The first-order valence-corrected chi connectivity index (χ1v) is 13.8. The summed E-state index contributed by atoms with van der Waals surface area (Å²) >= 11 is 25.1. The molecule has 188 valence electrons. The standard InChI is InChI=1S/C24H34Cl3N5OS/c1-30-15-10-17(11-16-30)8-9-20(33)29-22(24(25,26)27)32-14-4-13-31(23(32)34)19-7-2-5-18-6-3-12-28-21(18)19/h2,5,7,17,22,28H,3-4,6,8-16H2,1H3,(H,29,33). The molecular formula is C24H34Cl3N5OS. The number of nitrogens with one attached hydrogen (secondary N) is 2. The molecule has 0 radical (unpaired) electrons. The average molecular weight is 547 g/mol. The first kappa shape index (κ1) is 26.1. The van der Waals surface area contributed by atoms with Gasteiger partial charge in [-0.2, -0.15) is 0 Å². The van der Waals surface area contributed by atoms with Crippen LogP contribution in [0, 0.1) is 5.92 Å². The number of likely N-dealkylation sites (tertiary alicyclic amines) is 1. The van der Waals surface area contributed by atoms with E-state index < -0.39 is 9.96 Å². The summed E-state index contributed by atoms with van der Waals surface area (Å²) in [6.45, 7) is 4.51. The lowest BCUT2D eigenvalue weighted by molar-refractivity contribution is -0.123. The molecule has 2 fully saturated rings. The van der Waals surface area contributed by atoms with Crippen molar-refractivity contribution in [2.45, 2.75) is 54.9 Å². The summed E-state index contributed by atoms with van der Waals surface area (Å²) in [6.07, 6.45) is 5.70. The van der Waals surface area contributed by atoms with E-state index in [4.69, 9.17) is 47.0 Å². The summed E-state index contributed by atoms with van der Waals surface area (Å²) in [5.74, 6) is 0.463. The molecule has 10 heteroatoms. The van der Waals surface area contributed by atoms with Gasteiger partial charge in [-0.05, 0) is 88.4 Å². The number of amides is 1. The van der Waals surface area contributed by atoms with Gasteiger partial charge in [-0.3, -0.25) is 4.79 Å². The quantitative estimate of drug-likeness (QED) is 0.396. The molecular weight excluding hydrogens is 513 g/mol. The van der Waals surface area contributed by atoms with E-state index in [1.165, 1.54) is 5.56 Å². The van der Waals surface area contributed by atoms with Crippen molar-refractivity contribution in [3.63, 3.8) is 0 Å². The van der Waals surface area contributed by atoms with Crippen molar-refractivity contribution in [1.82, 2.24) is 15.1 Å². The van der Waals surface area contributed by atoms with Crippen molar-refractivity contribution >= 4 is 69.4 Å². The normalized spacial score (nSPS) is 21.1. The van der Waals surface area contributed by atoms with Gasteiger partial charge >= 0.3 is 0 Å². The van der Waals surface area contributed by atoms with Gasteiger partial charge in [-0.1, -0.05) is 46.9 Å². The van der Waals surface area contributed by atoms with Crippen molar-refractivity contribution in [3.05, 3.63) is 23.8 Å². The number of fused-ring (bicyclic) bond motifs is 1. The molecule has 34 heavy (non-hydrogen) atoms. The molecule has 0 bridgehead atoms. The van der Waals surface area contributed by atoms with E-state index in [-0.39, 0.29) is 5.91 Å². The number of nitrogens with zero attached hydrogens (tertiary/aromatic N) is 3. The molecule has 4 rings (SSSR count). The van der Waals surface area contributed by atoms with Gasteiger partial charge in [-0.25, -0.2) is 0 Å². The van der Waals surface area contributed by atoms with Crippen LogP contribution in [-0.4, -0.2) is 70.5 Å². The Labute approximate surface area is 223 Å². The molecule has 6 nitrogen and oxygen atoms in total. The van der Waals surface area contributed by atoms with E-state index in [1.807, 2.05) is 4.90 Å². The minimum absolute atomic E-state index is 0.103. The summed E-state index contributed by atoms with van der Waals surface area (Å²) in [6, 6.07) is 6.31. The summed E-state index contributed by atoms with van der Waals surface area (Å²) in [4.78, 5) is 19.2. The second-order valence-electron chi connectivity index (χ2n) is 9.62. The molecule has 1 amide bonds. The molecule has 1 atom stereocenters. The number of aryl methyl sites for hydroxylation is 1. The van der Waals surface area contributed by atoms with Crippen LogP contribution < -0.4 is 15.5 Å². The lowest BCUT2D eigenvalue weighted by Gasteiger charge is -2.45. The number of alkyl halides is 3. The van der Waals surface area contributed by atoms with E-state index in [0.29, 0.717) is 24.0 Å². The number of halogens is 3. The molecule has 2 saturated heterocycles. The van der Waals surface area contributed by atoms with Crippen molar-refractivity contribution < 1.29 is 4.79 Å². The predicted octanol–water partition coefficient (Wildman–Crippen LogP) is 4.78. The van der Waals surface area contributed by atoms with Crippen LogP contribution in [-0.2, 0) is 11.2 Å². The Kier molecular flexibility index (Phi) is 8.73. The Morgan fingerprint density at radius 1 is 1.21 bits per heavy atom. The van der Waals surface area contributed by atoms with Crippen LogP contribution in [0.1, 0.15) is 44.1 Å². The Morgan fingerprint density at radius 2 is 1.97 bits per heavy atom. The zero-order valence-corrected chi connectivity index (χ0v) is 22.7. The monoisotopic (exact) mass is 545 g/mol. The maximum Gasteiger partial charge on any atom is 0.228 e. The van der Waals surface area contributed by atoms with Gasteiger partial charge in [0.1, 0.15) is 0 Å². The third-order valence-electron chi connectivity index (χ3n) is 7.14. The van der Waals surface area contributed by atoms with Crippen molar-refractivity contribution in [2.75, 3.05) is 50.0 Å². The second-order valence-corrected chi connectivity index (χ2v) is 12.4. The van der Waals surface area contributed by atoms with E-state index in [2.05, 4.69) is 45.7 Å². The SMILES string of the molecule is CN1CCC(CCC(=O)NC(N2CCCN(c3cccc4c3NCCC4)C2=S)C(Cl)(Cl)Cl)CC1. The van der Waals surface area contributed by atoms with E-state index in [0.717, 1.165) is 76.1 Å². The molecule has 3 heterocycles. The maximum absolute atomic E-state index is 12.9. The molecule has 3 aliphatic rings. The third kappa shape index (κ3) is 6.22. The highest BCUT2D eigenvalue weighted by Gasteiger charge is 2.42. The fraction of sp³-hybridized carbons (Fsp3) is 0.667. The number of hydrogen-bond donors (Lipinski definition) is 2. The van der Waals surface area contributed by atoms with Crippen LogP contribution >= 0.6 is 47.0 Å². The topological polar surface area (TPSA) is 50.9 Å². The zero-order valence-electron chi connectivity index (χ0n) is 19.7. The summed E-state index contributed by atoms with van der Waals surface area (Å²) in [5, 5.41) is 7.09. The van der Waals surface area contributed by atoms with Gasteiger partial charge in [0.2, 0.25) is 9.70 Å². The van der Waals surface area contributed by atoms with Gasteiger partial charge < -0.3 is 25.3 Å². The highest BCUT2D eigenvalue weighted by molar-refractivity contribution is 7.80. The first-order chi connectivity index (χ1) is 16.2. The molecule has 0 aliphatic carbocycles. The number of carbonyl (C=O) groups excluding carboxylic acids is 1. The van der Waals surface area contributed by atoms with Crippen LogP contribution in [0.3, 0.4) is 0 Å². The summed E-state index contributed by atoms with van der Waals surface area (Å²) in [7, 11) is 2.14. The smallest absolute Gasteiger partial charge is 0.228 e. The molecule has 1 unspecified atom stereocenters. The number of thiocarbonyl (C=S) groups is 1. The Balaban J connectivity index is 1.45. The fourth-order valence-corrected chi connectivity index (χ4v) is 6.08. The maximum atomic E-state index is 12.9. The fourth-order valence-electron chi connectivity index (χ4n) is 5.17. The molecule has 3 aliphatic heterocycles. The largest absolute Gasteiger partial charge is 0.383 e. The van der Waals surface area contributed by atoms with Gasteiger partial charge in [-0.15, -0.1) is 0 Å². The molecule has 2 N–H and O–H groups in total. The van der Waals surface area contributed by atoms with Crippen LogP contribution in [0.5, 0.6) is 0 Å². The lowest BCUT2D eigenvalue weighted by Crippen LogP contribution is -2.62. The number of rotatable bonds is 6. The van der Waals surface area contributed by atoms with Crippen molar-refractivity contribution in [1.29, 1.82) is 0 Å². The summed E-state index contributed by atoms with van der Waals surface area (Å²) in [5.41, 5.74) is 3.47. The number of para-hydroxylation sites is 1. The minimum atomic E-state index is -1.72. The molecule has 0 aromatic heterocycles. The van der Waals surface area contributed by atoms with E-state index >= 15 is 0 Å². The number of carbonyl (C=O) groups is 1. The van der Waals surface area contributed by atoms with Crippen molar-refractivity contribution in [3.8, 4) is 0 Å². The first-order valence-electron chi connectivity index (χ1n) is 12.2. The molecule has 0 saturated carbocycles. The van der Waals surface area contributed by atoms with Crippen LogP contribution in [0.2, 0.25) is 0 Å². The highest BCUT2D eigenvalue weighted by Crippen LogP contribution is 2.38. The van der Waals surface area contributed by atoms with Gasteiger partial charge in [0.15, 0.2) is 11.3 Å². The number of anilines is 2. The third-order valence-corrected chi connectivity index (χ3v) is 8.21. The van der Waals surface area contributed by atoms with Crippen LogP contribution in [0.25, 0.3) is 0 Å². The lowest BCUT2D eigenvalue weighted by atomic mass is 9.92. The van der Waals surface area contributed by atoms with Gasteiger partial charge in [0.05, 0.1) is 11.4 Å². The van der Waals surface area contributed by atoms with Gasteiger partial charge in [0.25, 0.3) is 0 Å². The minimum Gasteiger partial charge on any atom is -0.383 e. The number of benzene rings is 1. The molecule has 0 spiro atoms. The Hall–Kier alpha value is -0.990. The Bertz CT molecular complexity index is 888. The number of hydrogen-bond acceptors (Lipinski definition) is 4. The van der Waals surface area contributed by atoms with Crippen LogP contribution in [0.15, 0.2) is 18.2 Å². The highest BCUT2D eigenvalue weighted by atomic mass is 35.6. The van der Waals surface area contributed by atoms with E-state index in [1.54, 1.807) is 0 Å². The van der Waals surface area contributed by atoms with Crippen molar-refractivity contribution in [2.24, 2.45) is 5.92 Å². The van der Waals surface area contributed by atoms with Crippen LogP contribution in [0.4, 0.5) is 11.4 Å². The molecule has 1 aromatic rings. The Morgan fingerprint density at radius 3 is 2.71 bits per heavy atom. The zero-order chi connectivity index (χ0) is 24.3.